The van der Waals surface area contributed by atoms with E-state index in [1.165, 1.54) is 64.6 Å². The maximum atomic E-state index is 5.66. The van der Waals surface area contributed by atoms with Crippen molar-refractivity contribution in [1.82, 2.24) is 10.2 Å². The summed E-state index contributed by atoms with van der Waals surface area (Å²) in [5.41, 5.74) is 0.451. The third-order valence-corrected chi connectivity index (χ3v) is 6.09. The molecule has 2 heterocycles. The minimum Gasteiger partial charge on any atom is -0.381 e. The van der Waals surface area contributed by atoms with Gasteiger partial charge in [-0.1, -0.05) is 20.3 Å². The highest BCUT2D eigenvalue weighted by molar-refractivity contribution is 4.94. The Labute approximate surface area is 130 Å². The zero-order valence-electron chi connectivity index (χ0n) is 14.1. The Hall–Kier alpha value is -0.120. The van der Waals surface area contributed by atoms with Crippen molar-refractivity contribution in [2.24, 2.45) is 11.3 Å². The van der Waals surface area contributed by atoms with Crippen LogP contribution in [0.25, 0.3) is 0 Å². The van der Waals surface area contributed by atoms with Gasteiger partial charge in [-0.3, -0.25) is 4.90 Å². The van der Waals surface area contributed by atoms with Crippen molar-refractivity contribution in [3.8, 4) is 0 Å². The van der Waals surface area contributed by atoms with Crippen molar-refractivity contribution < 1.29 is 4.74 Å². The van der Waals surface area contributed by atoms with Gasteiger partial charge in [0.05, 0.1) is 0 Å². The largest absolute Gasteiger partial charge is 0.381 e. The molecular weight excluding hydrogens is 260 g/mol. The van der Waals surface area contributed by atoms with Gasteiger partial charge in [-0.2, -0.15) is 0 Å². The molecule has 122 valence electrons. The second-order valence-electron chi connectivity index (χ2n) is 8.02. The second kappa shape index (κ2) is 6.97. The number of rotatable bonds is 5. The standard InChI is InChI=1S/C18H34N2O/c1-15(2)19-13-18(8-11-21-12-9-18)14-20-10-4-6-16-5-3-7-17(16)20/h15-17,19H,3-14H2,1-2H3. The number of hydrogen-bond acceptors (Lipinski definition) is 3. The van der Waals surface area contributed by atoms with Crippen LogP contribution in [0.3, 0.4) is 0 Å². The molecule has 0 aromatic rings. The number of fused-ring (bicyclic) bond motifs is 1. The average molecular weight is 294 g/mol. The lowest BCUT2D eigenvalue weighted by Crippen LogP contribution is -2.53. The van der Waals surface area contributed by atoms with Gasteiger partial charge in [0.1, 0.15) is 0 Å². The first-order valence-electron chi connectivity index (χ1n) is 9.24. The maximum Gasteiger partial charge on any atom is 0.0472 e. The number of likely N-dealkylation sites (tertiary alicyclic amines) is 1. The normalized spacial score (nSPS) is 33.3. The molecule has 3 fully saturated rings. The quantitative estimate of drug-likeness (QED) is 0.843. The van der Waals surface area contributed by atoms with E-state index in [1.54, 1.807) is 0 Å². The molecule has 0 spiro atoms. The summed E-state index contributed by atoms with van der Waals surface area (Å²) in [5, 5.41) is 3.72. The summed E-state index contributed by atoms with van der Waals surface area (Å²) in [6, 6.07) is 1.49. The average Bonchev–Trinajstić information content (AvgIpc) is 2.96. The van der Waals surface area contributed by atoms with E-state index in [2.05, 4.69) is 24.1 Å². The zero-order chi connectivity index (χ0) is 14.7. The lowest BCUT2D eigenvalue weighted by molar-refractivity contribution is -0.0229. The lowest BCUT2D eigenvalue weighted by atomic mass is 9.78. The number of nitrogens with zero attached hydrogens (tertiary/aromatic N) is 1. The zero-order valence-corrected chi connectivity index (χ0v) is 14.1. The molecule has 0 aromatic carbocycles. The Kier molecular flexibility index (Phi) is 5.23. The Morgan fingerprint density at radius 1 is 1.14 bits per heavy atom. The topological polar surface area (TPSA) is 24.5 Å². The summed E-state index contributed by atoms with van der Waals surface area (Å²) < 4.78 is 5.66. The molecule has 21 heavy (non-hydrogen) atoms. The molecule has 1 saturated carbocycles. The van der Waals surface area contributed by atoms with Crippen LogP contribution in [0, 0.1) is 11.3 Å². The van der Waals surface area contributed by atoms with E-state index >= 15 is 0 Å². The van der Waals surface area contributed by atoms with Crippen molar-refractivity contribution >= 4 is 0 Å². The van der Waals surface area contributed by atoms with Gasteiger partial charge in [-0.25, -0.2) is 0 Å². The molecule has 0 radical (unpaired) electrons. The summed E-state index contributed by atoms with van der Waals surface area (Å²) in [6.45, 7) is 10.3. The molecule has 1 aliphatic carbocycles. The van der Waals surface area contributed by atoms with Crippen molar-refractivity contribution in [1.29, 1.82) is 0 Å². The molecule has 0 amide bonds. The predicted octanol–water partition coefficient (Wildman–Crippen LogP) is 3.05. The highest BCUT2D eigenvalue weighted by Crippen LogP contribution is 2.40. The molecule has 3 heteroatoms. The summed E-state index contributed by atoms with van der Waals surface area (Å²) >= 11 is 0. The van der Waals surface area contributed by atoms with Gasteiger partial charge in [-0.05, 0) is 56.4 Å². The Morgan fingerprint density at radius 2 is 1.90 bits per heavy atom. The maximum absolute atomic E-state index is 5.66. The van der Waals surface area contributed by atoms with Crippen LogP contribution < -0.4 is 5.32 Å². The van der Waals surface area contributed by atoms with Crippen molar-refractivity contribution in [3.05, 3.63) is 0 Å². The first kappa shape index (κ1) is 15.8. The van der Waals surface area contributed by atoms with Crippen LogP contribution in [-0.2, 0) is 4.74 Å². The molecule has 2 saturated heterocycles. The third-order valence-electron chi connectivity index (χ3n) is 6.09. The Morgan fingerprint density at radius 3 is 2.67 bits per heavy atom. The van der Waals surface area contributed by atoms with Crippen LogP contribution in [0.2, 0.25) is 0 Å². The van der Waals surface area contributed by atoms with Gasteiger partial charge in [0.25, 0.3) is 0 Å². The van der Waals surface area contributed by atoms with Gasteiger partial charge in [0.2, 0.25) is 0 Å². The molecule has 2 unspecified atom stereocenters. The molecule has 1 N–H and O–H groups in total. The summed E-state index contributed by atoms with van der Waals surface area (Å²) in [5.74, 6) is 1.01. The fraction of sp³-hybridized carbons (Fsp3) is 1.00. The smallest absolute Gasteiger partial charge is 0.0472 e. The minimum atomic E-state index is 0.451. The van der Waals surface area contributed by atoms with Crippen LogP contribution in [0.5, 0.6) is 0 Å². The Bertz CT molecular complexity index is 325. The fourth-order valence-electron chi connectivity index (χ4n) is 4.80. The van der Waals surface area contributed by atoms with Crippen molar-refractivity contribution in [2.75, 3.05) is 32.8 Å². The van der Waals surface area contributed by atoms with Gasteiger partial charge in [-0.15, -0.1) is 0 Å². The SMILES string of the molecule is CC(C)NCC1(CN2CCCC3CCCC32)CCOCC1. The summed E-state index contributed by atoms with van der Waals surface area (Å²) in [6.07, 6.45) is 9.79. The number of piperidine rings is 1. The Balaban J connectivity index is 1.65. The van der Waals surface area contributed by atoms with Gasteiger partial charge < -0.3 is 10.1 Å². The fourth-order valence-corrected chi connectivity index (χ4v) is 4.80. The first-order valence-corrected chi connectivity index (χ1v) is 9.24. The molecule has 2 atom stereocenters. The minimum absolute atomic E-state index is 0.451. The highest BCUT2D eigenvalue weighted by Gasteiger charge is 2.40. The summed E-state index contributed by atoms with van der Waals surface area (Å²) in [7, 11) is 0. The monoisotopic (exact) mass is 294 g/mol. The van der Waals surface area contributed by atoms with Crippen LogP contribution in [-0.4, -0.2) is 49.8 Å². The molecule has 0 bridgehead atoms. The van der Waals surface area contributed by atoms with E-state index in [1.807, 2.05) is 0 Å². The molecule has 0 aromatic heterocycles. The van der Waals surface area contributed by atoms with Crippen molar-refractivity contribution in [2.45, 2.75) is 70.9 Å². The van der Waals surface area contributed by atoms with Crippen LogP contribution >= 0.6 is 0 Å². The summed E-state index contributed by atoms with van der Waals surface area (Å²) in [4.78, 5) is 2.87. The number of hydrogen-bond donors (Lipinski definition) is 1. The first-order chi connectivity index (χ1) is 10.2. The van der Waals surface area contributed by atoms with Gasteiger partial charge in [0.15, 0.2) is 0 Å². The number of nitrogens with one attached hydrogen (secondary N) is 1. The van der Waals surface area contributed by atoms with Gasteiger partial charge >= 0.3 is 0 Å². The van der Waals surface area contributed by atoms with Crippen molar-refractivity contribution in [3.63, 3.8) is 0 Å². The van der Waals surface area contributed by atoms with E-state index in [-0.39, 0.29) is 0 Å². The van der Waals surface area contributed by atoms with E-state index in [0.29, 0.717) is 11.5 Å². The van der Waals surface area contributed by atoms with E-state index in [4.69, 9.17) is 4.74 Å². The molecule has 3 nitrogen and oxygen atoms in total. The van der Waals surface area contributed by atoms with E-state index < -0.39 is 0 Å². The molecule has 3 aliphatic rings. The van der Waals surface area contributed by atoms with Crippen LogP contribution in [0.1, 0.15) is 58.8 Å². The molecular formula is C18H34N2O. The lowest BCUT2D eigenvalue weighted by Gasteiger charge is -2.46. The predicted molar refractivity (Wildman–Crippen MR) is 87.6 cm³/mol. The van der Waals surface area contributed by atoms with Crippen LogP contribution in [0.15, 0.2) is 0 Å². The van der Waals surface area contributed by atoms with Crippen LogP contribution in [0.4, 0.5) is 0 Å². The van der Waals surface area contributed by atoms with Gasteiger partial charge in [0, 0.05) is 38.4 Å². The van der Waals surface area contributed by atoms with E-state index in [9.17, 15) is 0 Å². The number of ether oxygens (including phenoxy) is 1. The highest BCUT2D eigenvalue weighted by atomic mass is 16.5. The third kappa shape index (κ3) is 3.80. The van der Waals surface area contributed by atoms with E-state index in [0.717, 1.165) is 25.2 Å². The second-order valence-corrected chi connectivity index (χ2v) is 8.02. The molecule has 2 aliphatic heterocycles. The molecule has 3 rings (SSSR count).